The summed E-state index contributed by atoms with van der Waals surface area (Å²) in [5.41, 5.74) is 0.282. The zero-order chi connectivity index (χ0) is 12.9. The summed E-state index contributed by atoms with van der Waals surface area (Å²) in [6, 6.07) is 5.14. The van der Waals surface area contributed by atoms with Crippen LogP contribution in [0.15, 0.2) is 12.1 Å². The van der Waals surface area contributed by atoms with Crippen LogP contribution in [0.4, 0.5) is 0 Å². The predicted octanol–water partition coefficient (Wildman–Crippen LogP) is 4.89. The Kier molecular flexibility index (Phi) is 5.68. The van der Waals surface area contributed by atoms with Crippen LogP contribution in [0.25, 0.3) is 0 Å². The molecule has 0 radical (unpaired) electrons. The number of nitrogens with one attached hydrogen (secondary N) is 1. The van der Waals surface area contributed by atoms with Crippen LogP contribution >= 0.6 is 11.3 Å². The highest BCUT2D eigenvalue weighted by Crippen LogP contribution is 2.33. The van der Waals surface area contributed by atoms with E-state index in [0.29, 0.717) is 6.04 Å². The van der Waals surface area contributed by atoms with Gasteiger partial charge in [-0.25, -0.2) is 0 Å². The topological polar surface area (TPSA) is 12.0 Å². The monoisotopic (exact) mass is 253 g/mol. The van der Waals surface area contributed by atoms with E-state index >= 15 is 0 Å². The largest absolute Gasteiger partial charge is 0.312 e. The van der Waals surface area contributed by atoms with Crippen molar-refractivity contribution in [3.05, 3.63) is 21.9 Å². The molecule has 98 valence electrons. The first-order valence-corrected chi connectivity index (χ1v) is 7.58. The third-order valence-electron chi connectivity index (χ3n) is 3.15. The van der Waals surface area contributed by atoms with Crippen molar-refractivity contribution in [1.82, 2.24) is 5.32 Å². The van der Waals surface area contributed by atoms with Gasteiger partial charge in [0.15, 0.2) is 0 Å². The zero-order valence-electron chi connectivity index (χ0n) is 12.0. The smallest absolute Gasteiger partial charge is 0.0412 e. The van der Waals surface area contributed by atoms with Gasteiger partial charge in [-0.05, 0) is 31.0 Å². The molecule has 17 heavy (non-hydrogen) atoms. The Bertz CT molecular complexity index is 322. The summed E-state index contributed by atoms with van der Waals surface area (Å²) in [4.78, 5) is 2.98. The molecule has 0 saturated heterocycles. The Balaban J connectivity index is 2.66. The molecular weight excluding hydrogens is 226 g/mol. The summed E-state index contributed by atoms with van der Waals surface area (Å²) in [6.45, 7) is 9.12. The second-order valence-corrected chi connectivity index (χ2v) is 6.90. The molecule has 1 aromatic heterocycles. The highest BCUT2D eigenvalue weighted by atomic mass is 32.1. The van der Waals surface area contributed by atoms with Gasteiger partial charge in [-0.2, -0.15) is 0 Å². The molecule has 1 unspecified atom stereocenters. The van der Waals surface area contributed by atoms with Gasteiger partial charge in [0.25, 0.3) is 0 Å². The van der Waals surface area contributed by atoms with Crippen molar-refractivity contribution in [2.24, 2.45) is 0 Å². The molecule has 0 aliphatic heterocycles. The molecule has 1 rings (SSSR count). The van der Waals surface area contributed by atoms with E-state index in [9.17, 15) is 0 Å². The van der Waals surface area contributed by atoms with Gasteiger partial charge in [-0.15, -0.1) is 11.3 Å². The van der Waals surface area contributed by atoms with Crippen LogP contribution in [0.3, 0.4) is 0 Å². The zero-order valence-corrected chi connectivity index (χ0v) is 12.8. The standard InChI is InChI=1S/C15H27NS/c1-6-7-8-9-12(16-5)13-10-11-14(17-13)15(2,3)4/h10-12,16H,6-9H2,1-5H3. The molecule has 1 atom stereocenters. The Morgan fingerprint density at radius 1 is 1.24 bits per heavy atom. The molecule has 1 nitrogen and oxygen atoms in total. The van der Waals surface area contributed by atoms with E-state index in [2.05, 4.69) is 52.2 Å². The number of thiophene rings is 1. The van der Waals surface area contributed by atoms with Crippen molar-refractivity contribution in [1.29, 1.82) is 0 Å². The normalized spacial score (nSPS) is 13.9. The van der Waals surface area contributed by atoms with Crippen LogP contribution in [-0.4, -0.2) is 7.05 Å². The van der Waals surface area contributed by atoms with Gasteiger partial charge in [0.1, 0.15) is 0 Å². The van der Waals surface area contributed by atoms with Gasteiger partial charge in [0.2, 0.25) is 0 Å². The fourth-order valence-electron chi connectivity index (χ4n) is 1.97. The quantitative estimate of drug-likeness (QED) is 0.712. The van der Waals surface area contributed by atoms with Crippen molar-refractivity contribution in [3.63, 3.8) is 0 Å². The Hall–Kier alpha value is -0.340. The summed E-state index contributed by atoms with van der Waals surface area (Å²) in [6.07, 6.45) is 5.23. The fraction of sp³-hybridized carbons (Fsp3) is 0.733. The summed E-state index contributed by atoms with van der Waals surface area (Å²) in [5.74, 6) is 0. The van der Waals surface area contributed by atoms with E-state index in [1.54, 1.807) is 0 Å². The minimum absolute atomic E-state index is 0.282. The van der Waals surface area contributed by atoms with Gasteiger partial charge >= 0.3 is 0 Å². The minimum Gasteiger partial charge on any atom is -0.312 e. The SMILES string of the molecule is CCCCCC(NC)c1ccc(C(C)(C)C)s1. The van der Waals surface area contributed by atoms with Crippen LogP contribution in [0.1, 0.15) is 69.2 Å². The van der Waals surface area contributed by atoms with Crippen LogP contribution in [-0.2, 0) is 5.41 Å². The third-order valence-corrected chi connectivity index (χ3v) is 4.78. The Morgan fingerprint density at radius 3 is 2.41 bits per heavy atom. The molecular formula is C15H27NS. The second-order valence-electron chi connectivity index (χ2n) is 5.79. The summed E-state index contributed by atoms with van der Waals surface area (Å²) in [5, 5.41) is 3.45. The Morgan fingerprint density at radius 2 is 1.94 bits per heavy atom. The highest BCUT2D eigenvalue weighted by Gasteiger charge is 2.18. The maximum atomic E-state index is 3.45. The average molecular weight is 253 g/mol. The molecule has 0 saturated carbocycles. The molecule has 0 fully saturated rings. The lowest BCUT2D eigenvalue weighted by Crippen LogP contribution is -2.15. The van der Waals surface area contributed by atoms with E-state index in [1.807, 2.05) is 11.3 Å². The molecule has 0 amide bonds. The van der Waals surface area contributed by atoms with Crippen molar-refractivity contribution in [2.75, 3.05) is 7.05 Å². The van der Waals surface area contributed by atoms with Crippen molar-refractivity contribution in [2.45, 2.75) is 64.8 Å². The van der Waals surface area contributed by atoms with Crippen LogP contribution in [0, 0.1) is 0 Å². The van der Waals surface area contributed by atoms with Gasteiger partial charge < -0.3 is 5.32 Å². The van der Waals surface area contributed by atoms with Gasteiger partial charge in [0.05, 0.1) is 0 Å². The van der Waals surface area contributed by atoms with Crippen LogP contribution < -0.4 is 5.32 Å². The molecule has 0 aliphatic carbocycles. The van der Waals surface area contributed by atoms with E-state index in [1.165, 1.54) is 35.4 Å². The third kappa shape index (κ3) is 4.44. The number of hydrogen-bond donors (Lipinski definition) is 1. The maximum Gasteiger partial charge on any atom is 0.0412 e. The summed E-state index contributed by atoms with van der Waals surface area (Å²) < 4.78 is 0. The molecule has 2 heteroatoms. The van der Waals surface area contributed by atoms with E-state index < -0.39 is 0 Å². The summed E-state index contributed by atoms with van der Waals surface area (Å²) in [7, 11) is 2.08. The lowest BCUT2D eigenvalue weighted by molar-refractivity contribution is 0.518. The van der Waals surface area contributed by atoms with Crippen molar-refractivity contribution >= 4 is 11.3 Å². The molecule has 1 N–H and O–H groups in total. The molecule has 0 bridgehead atoms. The molecule has 0 aliphatic rings. The van der Waals surface area contributed by atoms with Gasteiger partial charge in [0, 0.05) is 15.8 Å². The number of rotatable bonds is 6. The molecule has 1 heterocycles. The molecule has 1 aromatic rings. The first-order chi connectivity index (χ1) is 7.99. The lowest BCUT2D eigenvalue weighted by Gasteiger charge is -2.17. The van der Waals surface area contributed by atoms with Gasteiger partial charge in [-0.3, -0.25) is 0 Å². The first kappa shape index (κ1) is 14.7. The molecule has 0 aromatic carbocycles. The molecule has 0 spiro atoms. The lowest BCUT2D eigenvalue weighted by atomic mass is 9.95. The van der Waals surface area contributed by atoms with Crippen LogP contribution in [0.5, 0.6) is 0 Å². The summed E-state index contributed by atoms with van der Waals surface area (Å²) >= 11 is 1.97. The number of hydrogen-bond acceptors (Lipinski definition) is 2. The van der Waals surface area contributed by atoms with Gasteiger partial charge in [-0.1, -0.05) is 47.0 Å². The minimum atomic E-state index is 0.282. The number of unbranched alkanes of at least 4 members (excludes halogenated alkanes) is 2. The van der Waals surface area contributed by atoms with Crippen molar-refractivity contribution < 1.29 is 0 Å². The van der Waals surface area contributed by atoms with Crippen LogP contribution in [0.2, 0.25) is 0 Å². The predicted molar refractivity (Wildman–Crippen MR) is 79.0 cm³/mol. The van der Waals surface area contributed by atoms with E-state index in [4.69, 9.17) is 0 Å². The maximum absolute atomic E-state index is 3.45. The van der Waals surface area contributed by atoms with Crippen molar-refractivity contribution in [3.8, 4) is 0 Å². The Labute approximate surface area is 111 Å². The van der Waals surface area contributed by atoms with E-state index in [-0.39, 0.29) is 5.41 Å². The first-order valence-electron chi connectivity index (χ1n) is 6.76. The fourth-order valence-corrected chi connectivity index (χ4v) is 3.18. The average Bonchev–Trinajstić information content (AvgIpc) is 2.73. The highest BCUT2D eigenvalue weighted by molar-refractivity contribution is 7.12. The second kappa shape index (κ2) is 6.55. The van der Waals surface area contributed by atoms with E-state index in [0.717, 1.165) is 0 Å².